The van der Waals surface area contributed by atoms with E-state index in [9.17, 15) is 0 Å². The molecule has 0 amide bonds. The van der Waals surface area contributed by atoms with E-state index in [1.165, 1.54) is 0 Å². The lowest BCUT2D eigenvalue weighted by molar-refractivity contribution is 0.257. The molecule has 0 fully saturated rings. The van der Waals surface area contributed by atoms with Gasteiger partial charge in [-0.1, -0.05) is 38.1 Å². The van der Waals surface area contributed by atoms with Gasteiger partial charge in [-0.25, -0.2) is 4.98 Å². The molecule has 4 nitrogen and oxygen atoms in total. The largest absolute Gasteiger partial charge is 0.484 e. The Morgan fingerprint density at radius 3 is 2.21 bits per heavy atom. The Kier molecular flexibility index (Phi) is 4.62. The van der Waals surface area contributed by atoms with Crippen LogP contribution in [-0.2, 0) is 6.61 Å². The van der Waals surface area contributed by atoms with E-state index in [0.29, 0.717) is 24.0 Å². The topological polar surface area (TPSA) is 59.0 Å². The van der Waals surface area contributed by atoms with Crippen molar-refractivity contribution < 1.29 is 9.15 Å². The molecule has 0 spiro atoms. The standard InChI is InChI=1S/C20H18N2O2/c1-14(2)19-12-22-20(24-19)13-23-18-9-7-17(8-10-18)16-5-3-15(11-21)4-6-16/h3-10,12,14H,13H2,1-2H3. The van der Waals surface area contributed by atoms with Crippen LogP contribution in [0.25, 0.3) is 11.1 Å². The first-order valence-corrected chi connectivity index (χ1v) is 7.83. The summed E-state index contributed by atoms with van der Waals surface area (Å²) in [6, 6.07) is 17.4. The first-order chi connectivity index (χ1) is 11.7. The summed E-state index contributed by atoms with van der Waals surface area (Å²) in [7, 11) is 0. The third-order valence-electron chi connectivity index (χ3n) is 3.70. The third kappa shape index (κ3) is 3.64. The smallest absolute Gasteiger partial charge is 0.232 e. The van der Waals surface area contributed by atoms with Gasteiger partial charge in [0.05, 0.1) is 17.8 Å². The number of rotatable bonds is 5. The molecule has 1 heterocycles. The van der Waals surface area contributed by atoms with Gasteiger partial charge in [0, 0.05) is 5.92 Å². The number of ether oxygens (including phenoxy) is 1. The molecule has 0 unspecified atom stereocenters. The van der Waals surface area contributed by atoms with Crippen molar-refractivity contribution in [2.75, 3.05) is 0 Å². The van der Waals surface area contributed by atoms with E-state index in [-0.39, 0.29) is 0 Å². The van der Waals surface area contributed by atoms with Crippen LogP contribution in [-0.4, -0.2) is 4.98 Å². The van der Waals surface area contributed by atoms with Crippen molar-refractivity contribution in [1.29, 1.82) is 5.26 Å². The SMILES string of the molecule is CC(C)c1cnc(COc2ccc(-c3ccc(C#N)cc3)cc2)o1. The van der Waals surface area contributed by atoms with E-state index in [1.807, 2.05) is 48.5 Å². The Morgan fingerprint density at radius 2 is 1.67 bits per heavy atom. The van der Waals surface area contributed by atoms with Gasteiger partial charge >= 0.3 is 0 Å². The maximum absolute atomic E-state index is 8.84. The second-order valence-electron chi connectivity index (χ2n) is 5.81. The van der Waals surface area contributed by atoms with Crippen LogP contribution in [0.15, 0.2) is 59.1 Å². The molecule has 120 valence electrons. The summed E-state index contributed by atoms with van der Waals surface area (Å²) in [5.74, 6) is 2.52. The second-order valence-corrected chi connectivity index (χ2v) is 5.81. The van der Waals surface area contributed by atoms with Crippen LogP contribution in [0, 0.1) is 11.3 Å². The van der Waals surface area contributed by atoms with Gasteiger partial charge in [0.2, 0.25) is 5.89 Å². The average molecular weight is 318 g/mol. The Bertz CT molecular complexity index is 841. The van der Waals surface area contributed by atoms with E-state index < -0.39 is 0 Å². The quantitative estimate of drug-likeness (QED) is 0.670. The maximum Gasteiger partial charge on any atom is 0.232 e. The van der Waals surface area contributed by atoms with Crippen molar-refractivity contribution in [3.8, 4) is 22.9 Å². The Hall–Kier alpha value is -3.06. The predicted octanol–water partition coefficient (Wildman–Crippen LogP) is 4.92. The number of nitriles is 1. The number of hydrogen-bond donors (Lipinski definition) is 0. The monoisotopic (exact) mass is 318 g/mol. The lowest BCUT2D eigenvalue weighted by Crippen LogP contribution is -1.95. The molecule has 0 radical (unpaired) electrons. The van der Waals surface area contributed by atoms with Crippen molar-refractivity contribution in [3.63, 3.8) is 0 Å². The van der Waals surface area contributed by atoms with Gasteiger partial charge in [-0.3, -0.25) is 0 Å². The maximum atomic E-state index is 8.84. The van der Waals surface area contributed by atoms with Crippen LogP contribution >= 0.6 is 0 Å². The van der Waals surface area contributed by atoms with E-state index in [4.69, 9.17) is 14.4 Å². The minimum atomic E-state index is 0.308. The van der Waals surface area contributed by atoms with E-state index in [2.05, 4.69) is 24.9 Å². The Balaban J connectivity index is 1.64. The van der Waals surface area contributed by atoms with Crippen LogP contribution in [0.2, 0.25) is 0 Å². The van der Waals surface area contributed by atoms with E-state index >= 15 is 0 Å². The predicted molar refractivity (Wildman–Crippen MR) is 91.5 cm³/mol. The summed E-state index contributed by atoms with van der Waals surface area (Å²) in [6.45, 7) is 4.43. The van der Waals surface area contributed by atoms with Crippen LogP contribution in [0.4, 0.5) is 0 Å². The molecule has 4 heteroatoms. The van der Waals surface area contributed by atoms with Gasteiger partial charge in [-0.2, -0.15) is 5.26 Å². The minimum Gasteiger partial charge on any atom is -0.484 e. The highest BCUT2D eigenvalue weighted by Crippen LogP contribution is 2.23. The van der Waals surface area contributed by atoms with Gasteiger partial charge < -0.3 is 9.15 Å². The zero-order valence-electron chi connectivity index (χ0n) is 13.7. The summed E-state index contributed by atoms with van der Waals surface area (Å²) in [6.07, 6.45) is 1.75. The molecule has 0 N–H and O–H groups in total. The van der Waals surface area contributed by atoms with Gasteiger partial charge in [0.25, 0.3) is 0 Å². The highest BCUT2D eigenvalue weighted by molar-refractivity contribution is 5.64. The molecule has 3 rings (SSSR count). The molecule has 3 aromatic rings. The zero-order valence-corrected chi connectivity index (χ0v) is 13.7. The molecular formula is C20H18N2O2. The molecule has 0 atom stereocenters. The number of nitrogens with zero attached hydrogens (tertiary/aromatic N) is 2. The van der Waals surface area contributed by atoms with Gasteiger partial charge in [0.1, 0.15) is 11.5 Å². The molecule has 0 bridgehead atoms. The first-order valence-electron chi connectivity index (χ1n) is 7.83. The number of benzene rings is 2. The summed E-state index contributed by atoms with van der Waals surface area (Å²) in [4.78, 5) is 4.22. The van der Waals surface area contributed by atoms with Crippen LogP contribution in [0.1, 0.15) is 37.0 Å². The highest BCUT2D eigenvalue weighted by Gasteiger charge is 2.08. The number of oxazole rings is 1. The molecule has 1 aromatic heterocycles. The molecule has 0 aliphatic rings. The highest BCUT2D eigenvalue weighted by atomic mass is 16.5. The zero-order chi connectivity index (χ0) is 16.9. The first kappa shape index (κ1) is 15.8. The van der Waals surface area contributed by atoms with Crippen molar-refractivity contribution in [1.82, 2.24) is 4.98 Å². The van der Waals surface area contributed by atoms with E-state index in [1.54, 1.807) is 6.20 Å². The van der Waals surface area contributed by atoms with Crippen molar-refractivity contribution in [2.45, 2.75) is 26.4 Å². The van der Waals surface area contributed by atoms with Crippen molar-refractivity contribution in [3.05, 3.63) is 71.9 Å². The van der Waals surface area contributed by atoms with Crippen molar-refractivity contribution >= 4 is 0 Å². The Labute approximate surface area is 141 Å². The van der Waals surface area contributed by atoms with Gasteiger partial charge in [-0.05, 0) is 35.4 Å². The molecule has 0 saturated heterocycles. The minimum absolute atomic E-state index is 0.308. The van der Waals surface area contributed by atoms with Crippen LogP contribution in [0.3, 0.4) is 0 Å². The van der Waals surface area contributed by atoms with Crippen LogP contribution < -0.4 is 4.74 Å². The fourth-order valence-corrected chi connectivity index (χ4v) is 2.28. The summed E-state index contributed by atoms with van der Waals surface area (Å²) in [5, 5.41) is 8.84. The van der Waals surface area contributed by atoms with E-state index in [0.717, 1.165) is 22.6 Å². The third-order valence-corrected chi connectivity index (χ3v) is 3.70. The van der Waals surface area contributed by atoms with Crippen LogP contribution in [0.5, 0.6) is 5.75 Å². The van der Waals surface area contributed by atoms with Gasteiger partial charge in [0.15, 0.2) is 6.61 Å². The van der Waals surface area contributed by atoms with Crippen molar-refractivity contribution in [2.24, 2.45) is 0 Å². The molecule has 0 saturated carbocycles. The Morgan fingerprint density at radius 1 is 1.04 bits per heavy atom. The summed E-state index contributed by atoms with van der Waals surface area (Å²) < 4.78 is 11.3. The number of hydrogen-bond acceptors (Lipinski definition) is 4. The molecule has 0 aliphatic carbocycles. The lowest BCUT2D eigenvalue weighted by atomic mass is 10.0. The molecule has 0 aliphatic heterocycles. The summed E-state index contributed by atoms with van der Waals surface area (Å²) >= 11 is 0. The second kappa shape index (κ2) is 7.01. The summed E-state index contributed by atoms with van der Waals surface area (Å²) in [5.41, 5.74) is 2.80. The van der Waals surface area contributed by atoms with Gasteiger partial charge in [-0.15, -0.1) is 0 Å². The fraction of sp³-hybridized carbons (Fsp3) is 0.200. The normalized spacial score (nSPS) is 10.6. The number of aromatic nitrogens is 1. The fourth-order valence-electron chi connectivity index (χ4n) is 2.28. The molecule has 24 heavy (non-hydrogen) atoms. The lowest BCUT2D eigenvalue weighted by Gasteiger charge is -2.06. The molecular weight excluding hydrogens is 300 g/mol. The molecule has 2 aromatic carbocycles. The average Bonchev–Trinajstić information content (AvgIpc) is 3.10.